The second-order valence-corrected chi connectivity index (χ2v) is 6.98. The van der Waals surface area contributed by atoms with E-state index < -0.39 is 0 Å². The van der Waals surface area contributed by atoms with Crippen LogP contribution in [0, 0.1) is 13.8 Å². The van der Waals surface area contributed by atoms with Crippen LogP contribution in [0.25, 0.3) is 0 Å². The number of thioether (sulfide) groups is 1. The van der Waals surface area contributed by atoms with Gasteiger partial charge >= 0.3 is 0 Å². The van der Waals surface area contributed by atoms with Crippen molar-refractivity contribution in [1.82, 2.24) is 0 Å². The molecule has 0 amide bonds. The van der Waals surface area contributed by atoms with Crippen molar-refractivity contribution in [3.63, 3.8) is 0 Å². The minimum absolute atomic E-state index is 0.558. The third kappa shape index (κ3) is 5.73. The van der Waals surface area contributed by atoms with Crippen molar-refractivity contribution in [1.29, 1.82) is 0 Å². The van der Waals surface area contributed by atoms with Crippen molar-refractivity contribution in [2.75, 3.05) is 12.4 Å². The summed E-state index contributed by atoms with van der Waals surface area (Å²) in [4.78, 5) is 4.43. The number of nitrogens with two attached hydrogens (primary N) is 1. The third-order valence-electron chi connectivity index (χ3n) is 2.84. The Morgan fingerprint density at radius 3 is 2.59 bits per heavy atom. The topological polar surface area (TPSA) is 47.6 Å². The Bertz CT molecular complexity index is 653. The fraction of sp³-hybridized carbons (Fsp3) is 0.235. The van der Waals surface area contributed by atoms with E-state index in [1.807, 2.05) is 36.4 Å². The minimum Gasteiger partial charge on any atom is -0.493 e. The molecule has 0 radical (unpaired) electrons. The van der Waals surface area contributed by atoms with Gasteiger partial charge in [-0.25, -0.2) is 4.99 Å². The van der Waals surface area contributed by atoms with E-state index in [-0.39, 0.29) is 0 Å². The number of hydrogen-bond donors (Lipinski definition) is 1. The van der Waals surface area contributed by atoms with Gasteiger partial charge in [0.15, 0.2) is 5.17 Å². The molecule has 0 bridgehead atoms. The van der Waals surface area contributed by atoms with E-state index in [0.29, 0.717) is 11.8 Å². The average Bonchev–Trinajstić information content (AvgIpc) is 2.42. The number of hydrogen-bond acceptors (Lipinski definition) is 3. The Morgan fingerprint density at radius 1 is 1.18 bits per heavy atom. The molecule has 0 saturated heterocycles. The highest BCUT2D eigenvalue weighted by Gasteiger charge is 1.99. The monoisotopic (exact) mass is 378 g/mol. The molecule has 0 unspecified atom stereocenters. The molecule has 5 heteroatoms. The fourth-order valence-electron chi connectivity index (χ4n) is 2.04. The van der Waals surface area contributed by atoms with E-state index in [4.69, 9.17) is 10.5 Å². The fourth-order valence-corrected chi connectivity index (χ4v) is 2.96. The first-order valence-electron chi connectivity index (χ1n) is 6.96. The molecule has 0 spiro atoms. The van der Waals surface area contributed by atoms with Crippen molar-refractivity contribution in [3.8, 4) is 5.75 Å². The van der Waals surface area contributed by atoms with Crippen LogP contribution in [0.15, 0.2) is 51.9 Å². The molecule has 0 aliphatic rings. The number of aliphatic imine (C=N–C) groups is 1. The molecular weight excluding hydrogens is 360 g/mol. The Morgan fingerprint density at radius 2 is 1.91 bits per heavy atom. The Labute approximate surface area is 144 Å². The molecule has 0 atom stereocenters. The molecule has 116 valence electrons. The minimum atomic E-state index is 0.558. The molecule has 22 heavy (non-hydrogen) atoms. The number of aryl methyl sites for hydroxylation is 2. The first-order valence-corrected chi connectivity index (χ1v) is 8.74. The van der Waals surface area contributed by atoms with Crippen molar-refractivity contribution < 1.29 is 4.74 Å². The van der Waals surface area contributed by atoms with Crippen LogP contribution in [-0.4, -0.2) is 17.5 Å². The number of nitrogens with zero attached hydrogens (tertiary/aromatic N) is 1. The molecule has 0 aliphatic carbocycles. The Kier molecular flexibility index (Phi) is 6.34. The predicted molar refractivity (Wildman–Crippen MR) is 99.3 cm³/mol. The van der Waals surface area contributed by atoms with Gasteiger partial charge in [-0.1, -0.05) is 39.8 Å². The summed E-state index contributed by atoms with van der Waals surface area (Å²) >= 11 is 4.92. The summed E-state index contributed by atoms with van der Waals surface area (Å²) in [6.07, 6.45) is 0. The largest absolute Gasteiger partial charge is 0.493 e. The molecule has 2 aromatic carbocycles. The second kappa shape index (κ2) is 8.25. The molecule has 3 nitrogen and oxygen atoms in total. The van der Waals surface area contributed by atoms with Gasteiger partial charge in [-0.2, -0.15) is 0 Å². The van der Waals surface area contributed by atoms with Crippen LogP contribution in [0.5, 0.6) is 5.75 Å². The van der Waals surface area contributed by atoms with E-state index in [0.717, 1.165) is 21.7 Å². The number of amidine groups is 1. The zero-order valence-electron chi connectivity index (χ0n) is 12.7. The molecule has 2 aromatic rings. The lowest BCUT2D eigenvalue weighted by atomic mass is 10.1. The molecule has 0 aliphatic heterocycles. The van der Waals surface area contributed by atoms with Crippen LogP contribution in [0.1, 0.15) is 11.1 Å². The van der Waals surface area contributed by atoms with Gasteiger partial charge < -0.3 is 10.5 Å². The quantitative estimate of drug-likeness (QED) is 0.460. The zero-order chi connectivity index (χ0) is 15.9. The number of benzene rings is 2. The van der Waals surface area contributed by atoms with Crippen molar-refractivity contribution in [3.05, 3.63) is 58.1 Å². The number of rotatable bonds is 5. The summed E-state index contributed by atoms with van der Waals surface area (Å²) < 4.78 is 6.67. The highest BCUT2D eigenvalue weighted by molar-refractivity contribution is 9.10. The van der Waals surface area contributed by atoms with Gasteiger partial charge in [0.05, 0.1) is 12.3 Å². The molecule has 0 aromatic heterocycles. The second-order valence-electron chi connectivity index (χ2n) is 4.95. The summed E-state index contributed by atoms with van der Waals surface area (Å²) in [5, 5.41) is 0.558. The van der Waals surface area contributed by atoms with Crippen LogP contribution in [-0.2, 0) is 0 Å². The standard InChI is InChI=1S/C17H19BrN2OS/c1-12-8-13(2)10-15(9-12)20-17(19)22-7-6-21-16-5-3-4-14(18)11-16/h3-5,8-11H,6-7H2,1-2H3,(H2,19,20). The van der Waals surface area contributed by atoms with Gasteiger partial charge in [-0.15, -0.1) is 0 Å². The molecule has 0 fully saturated rings. The Balaban J connectivity index is 1.82. The van der Waals surface area contributed by atoms with Gasteiger partial charge in [-0.3, -0.25) is 0 Å². The maximum Gasteiger partial charge on any atom is 0.159 e. The summed E-state index contributed by atoms with van der Waals surface area (Å²) in [5.41, 5.74) is 9.24. The first-order chi connectivity index (χ1) is 10.5. The molecular formula is C17H19BrN2OS. The normalized spacial score (nSPS) is 11.5. The van der Waals surface area contributed by atoms with E-state index in [9.17, 15) is 0 Å². The molecule has 2 rings (SSSR count). The van der Waals surface area contributed by atoms with Crippen LogP contribution in [0.2, 0.25) is 0 Å². The van der Waals surface area contributed by atoms with Crippen molar-refractivity contribution >= 4 is 38.5 Å². The summed E-state index contributed by atoms with van der Waals surface area (Å²) in [6, 6.07) is 14.0. The molecule has 0 saturated carbocycles. The van der Waals surface area contributed by atoms with Crippen molar-refractivity contribution in [2.45, 2.75) is 13.8 Å². The highest BCUT2D eigenvalue weighted by atomic mass is 79.9. The summed E-state index contributed by atoms with van der Waals surface area (Å²) in [5.74, 6) is 1.60. The third-order valence-corrected chi connectivity index (χ3v) is 4.09. The predicted octanol–water partition coefficient (Wildman–Crippen LogP) is 4.82. The van der Waals surface area contributed by atoms with E-state index in [1.165, 1.54) is 22.9 Å². The first kappa shape index (κ1) is 16.9. The van der Waals surface area contributed by atoms with Gasteiger partial charge in [0.25, 0.3) is 0 Å². The molecule has 2 N–H and O–H groups in total. The van der Waals surface area contributed by atoms with Gasteiger partial charge in [0.1, 0.15) is 5.75 Å². The van der Waals surface area contributed by atoms with Gasteiger partial charge in [-0.05, 0) is 55.3 Å². The highest BCUT2D eigenvalue weighted by Crippen LogP contribution is 2.19. The van der Waals surface area contributed by atoms with Gasteiger partial charge in [0.2, 0.25) is 0 Å². The summed E-state index contributed by atoms with van der Waals surface area (Å²) in [6.45, 7) is 4.70. The number of ether oxygens (including phenoxy) is 1. The number of halogens is 1. The van der Waals surface area contributed by atoms with E-state index >= 15 is 0 Å². The Hall–Kier alpha value is -1.46. The van der Waals surface area contributed by atoms with Gasteiger partial charge in [0, 0.05) is 10.2 Å². The maximum absolute atomic E-state index is 5.96. The van der Waals surface area contributed by atoms with E-state index in [1.54, 1.807) is 0 Å². The maximum atomic E-state index is 5.96. The van der Waals surface area contributed by atoms with Crippen LogP contribution < -0.4 is 10.5 Å². The van der Waals surface area contributed by atoms with E-state index in [2.05, 4.69) is 40.8 Å². The van der Waals surface area contributed by atoms with Crippen LogP contribution >= 0.6 is 27.7 Å². The van der Waals surface area contributed by atoms with Crippen molar-refractivity contribution in [2.24, 2.45) is 10.7 Å². The lowest BCUT2D eigenvalue weighted by molar-refractivity contribution is 0.344. The lowest BCUT2D eigenvalue weighted by Crippen LogP contribution is -2.10. The lowest BCUT2D eigenvalue weighted by Gasteiger charge is -2.06. The van der Waals surface area contributed by atoms with Crippen LogP contribution in [0.4, 0.5) is 5.69 Å². The van der Waals surface area contributed by atoms with Crippen LogP contribution in [0.3, 0.4) is 0 Å². The molecule has 0 heterocycles. The SMILES string of the molecule is Cc1cc(C)cc(N=C(N)SCCOc2cccc(Br)c2)c1. The smallest absolute Gasteiger partial charge is 0.159 e. The summed E-state index contributed by atoms with van der Waals surface area (Å²) in [7, 11) is 0. The zero-order valence-corrected chi connectivity index (χ0v) is 15.1. The average molecular weight is 379 g/mol.